The largest absolute Gasteiger partial charge is 0.468 e. The van der Waals surface area contributed by atoms with Crippen molar-refractivity contribution in [2.24, 2.45) is 11.3 Å². The van der Waals surface area contributed by atoms with Crippen LogP contribution in [-0.2, 0) is 19.0 Å². The number of hydrogen-bond acceptors (Lipinski definition) is 8. The number of hydrogen-bond donors (Lipinski definition) is 0. The first-order valence-electron chi connectivity index (χ1n) is 6.92. The van der Waals surface area contributed by atoms with Gasteiger partial charge in [-0.05, 0) is 0 Å². The Labute approximate surface area is 127 Å². The number of rotatable bonds is 3. The van der Waals surface area contributed by atoms with Crippen molar-refractivity contribution in [3.05, 3.63) is 18.1 Å². The van der Waals surface area contributed by atoms with Gasteiger partial charge in [0.15, 0.2) is 5.69 Å². The molecule has 0 bridgehead atoms. The van der Waals surface area contributed by atoms with E-state index in [9.17, 15) is 9.59 Å². The molecule has 0 N–H and O–H groups in total. The molecule has 8 heteroatoms. The first-order chi connectivity index (χ1) is 10.6. The Bertz CT molecular complexity index is 591. The molecule has 2 fully saturated rings. The summed E-state index contributed by atoms with van der Waals surface area (Å²) in [5.74, 6) is -0.0965. The third-order valence-corrected chi connectivity index (χ3v) is 4.32. The van der Waals surface area contributed by atoms with Crippen molar-refractivity contribution in [2.45, 2.75) is 0 Å². The first kappa shape index (κ1) is 14.7. The SMILES string of the molecule is COC(=O)c1cnc(N2C[C@H]3COC[C@@]3(C(=O)OC)C2)cn1. The van der Waals surface area contributed by atoms with Gasteiger partial charge in [-0.1, -0.05) is 0 Å². The molecule has 2 saturated heterocycles. The molecule has 2 aliphatic rings. The van der Waals surface area contributed by atoms with Crippen LogP contribution in [0.1, 0.15) is 10.5 Å². The van der Waals surface area contributed by atoms with Gasteiger partial charge in [0, 0.05) is 19.0 Å². The number of carbonyl (C=O) groups excluding carboxylic acids is 2. The summed E-state index contributed by atoms with van der Waals surface area (Å²) in [6.45, 7) is 1.99. The minimum Gasteiger partial charge on any atom is -0.468 e. The summed E-state index contributed by atoms with van der Waals surface area (Å²) in [5, 5.41) is 0. The molecular weight excluding hydrogens is 290 g/mol. The predicted molar refractivity (Wildman–Crippen MR) is 74.3 cm³/mol. The van der Waals surface area contributed by atoms with Gasteiger partial charge in [-0.25, -0.2) is 14.8 Å². The molecule has 0 amide bonds. The van der Waals surface area contributed by atoms with Crippen molar-refractivity contribution >= 4 is 17.8 Å². The fourth-order valence-electron chi connectivity index (χ4n) is 3.10. The van der Waals surface area contributed by atoms with Crippen molar-refractivity contribution in [1.29, 1.82) is 0 Å². The summed E-state index contributed by atoms with van der Waals surface area (Å²) in [6, 6.07) is 0. The van der Waals surface area contributed by atoms with E-state index in [-0.39, 0.29) is 17.6 Å². The molecule has 0 aliphatic carbocycles. The quantitative estimate of drug-likeness (QED) is 0.714. The van der Waals surface area contributed by atoms with Gasteiger partial charge in [0.2, 0.25) is 0 Å². The fraction of sp³-hybridized carbons (Fsp3) is 0.571. The molecular formula is C14H17N3O5. The number of aromatic nitrogens is 2. The maximum Gasteiger partial charge on any atom is 0.358 e. The van der Waals surface area contributed by atoms with Gasteiger partial charge in [0.05, 0.1) is 39.8 Å². The van der Waals surface area contributed by atoms with Crippen molar-refractivity contribution in [3.8, 4) is 0 Å². The van der Waals surface area contributed by atoms with Crippen molar-refractivity contribution < 1.29 is 23.8 Å². The average Bonchev–Trinajstić information content (AvgIpc) is 3.11. The van der Waals surface area contributed by atoms with Crippen LogP contribution in [0.4, 0.5) is 5.82 Å². The molecule has 0 spiro atoms. The van der Waals surface area contributed by atoms with Crippen LogP contribution in [0.25, 0.3) is 0 Å². The Morgan fingerprint density at radius 3 is 2.77 bits per heavy atom. The van der Waals surface area contributed by atoms with Crippen LogP contribution < -0.4 is 4.90 Å². The molecule has 0 unspecified atom stereocenters. The summed E-state index contributed by atoms with van der Waals surface area (Å²) < 4.78 is 15.0. The fourth-order valence-corrected chi connectivity index (χ4v) is 3.10. The van der Waals surface area contributed by atoms with E-state index in [1.54, 1.807) is 0 Å². The molecule has 2 atom stereocenters. The van der Waals surface area contributed by atoms with Crippen LogP contribution in [0.15, 0.2) is 12.4 Å². The lowest BCUT2D eigenvalue weighted by molar-refractivity contribution is -0.152. The Morgan fingerprint density at radius 2 is 2.14 bits per heavy atom. The third kappa shape index (κ3) is 2.19. The standard InChI is InChI=1S/C14H17N3O5/c1-20-12(18)10-3-16-11(4-15-10)17-5-9-6-22-8-14(9,7-17)13(19)21-2/h3-4,9H,5-8H2,1-2H3/t9-,14-/m0/s1. The van der Waals surface area contributed by atoms with E-state index < -0.39 is 11.4 Å². The molecule has 22 heavy (non-hydrogen) atoms. The summed E-state index contributed by atoms with van der Waals surface area (Å²) >= 11 is 0. The van der Waals surface area contributed by atoms with Crippen molar-refractivity contribution in [1.82, 2.24) is 9.97 Å². The average molecular weight is 307 g/mol. The monoisotopic (exact) mass is 307 g/mol. The highest BCUT2D eigenvalue weighted by molar-refractivity contribution is 5.86. The van der Waals surface area contributed by atoms with E-state index in [4.69, 9.17) is 9.47 Å². The molecule has 0 saturated carbocycles. The first-order valence-corrected chi connectivity index (χ1v) is 6.92. The topological polar surface area (TPSA) is 90.8 Å². The van der Waals surface area contributed by atoms with Gasteiger partial charge in [-0.3, -0.25) is 4.79 Å². The van der Waals surface area contributed by atoms with Crippen molar-refractivity contribution in [3.63, 3.8) is 0 Å². The number of methoxy groups -OCH3 is 2. The zero-order valence-corrected chi connectivity index (χ0v) is 12.4. The Balaban J connectivity index is 1.80. The molecule has 8 nitrogen and oxygen atoms in total. The highest BCUT2D eigenvalue weighted by atomic mass is 16.5. The molecule has 1 aromatic rings. The van der Waals surface area contributed by atoms with Crippen LogP contribution in [-0.4, -0.2) is 62.4 Å². The minimum atomic E-state index is -0.641. The molecule has 2 aliphatic heterocycles. The van der Waals surface area contributed by atoms with Gasteiger partial charge in [-0.2, -0.15) is 0 Å². The number of fused-ring (bicyclic) bond motifs is 1. The molecule has 3 rings (SSSR count). The smallest absolute Gasteiger partial charge is 0.358 e. The number of carbonyl (C=O) groups is 2. The molecule has 3 heterocycles. The van der Waals surface area contributed by atoms with Crippen molar-refractivity contribution in [2.75, 3.05) is 45.4 Å². The lowest BCUT2D eigenvalue weighted by Gasteiger charge is -2.24. The number of nitrogens with zero attached hydrogens (tertiary/aromatic N) is 3. The highest BCUT2D eigenvalue weighted by Crippen LogP contribution is 2.43. The zero-order chi connectivity index (χ0) is 15.7. The Kier molecular flexibility index (Phi) is 3.69. The second kappa shape index (κ2) is 5.53. The summed E-state index contributed by atoms with van der Waals surface area (Å²) in [7, 11) is 2.68. The van der Waals surface area contributed by atoms with Gasteiger partial charge >= 0.3 is 11.9 Å². The third-order valence-electron chi connectivity index (χ3n) is 4.32. The minimum absolute atomic E-state index is 0.0713. The number of ether oxygens (including phenoxy) is 3. The van der Waals surface area contributed by atoms with E-state index in [1.807, 2.05) is 4.90 Å². The normalized spacial score (nSPS) is 26.6. The zero-order valence-electron chi connectivity index (χ0n) is 12.4. The van der Waals surface area contributed by atoms with Crippen LogP contribution in [0.5, 0.6) is 0 Å². The van der Waals surface area contributed by atoms with E-state index in [0.717, 1.165) is 0 Å². The number of anilines is 1. The molecule has 0 radical (unpaired) electrons. The van der Waals surface area contributed by atoms with Crippen LogP contribution >= 0.6 is 0 Å². The molecule has 118 valence electrons. The summed E-state index contributed by atoms with van der Waals surface area (Å²) in [4.78, 5) is 33.8. The lowest BCUT2D eigenvalue weighted by atomic mass is 9.81. The van der Waals surface area contributed by atoms with E-state index >= 15 is 0 Å². The maximum absolute atomic E-state index is 12.2. The second-order valence-corrected chi connectivity index (χ2v) is 5.49. The Hall–Kier alpha value is -2.22. The van der Waals surface area contributed by atoms with Crippen LogP contribution in [0.3, 0.4) is 0 Å². The van der Waals surface area contributed by atoms with Gasteiger partial charge < -0.3 is 19.1 Å². The van der Waals surface area contributed by atoms with E-state index in [2.05, 4.69) is 14.7 Å². The number of esters is 2. The van der Waals surface area contributed by atoms with E-state index in [1.165, 1.54) is 26.6 Å². The highest BCUT2D eigenvalue weighted by Gasteiger charge is 2.57. The maximum atomic E-state index is 12.2. The Morgan fingerprint density at radius 1 is 1.32 bits per heavy atom. The lowest BCUT2D eigenvalue weighted by Crippen LogP contribution is -2.40. The molecule has 0 aromatic carbocycles. The molecule has 1 aromatic heterocycles. The van der Waals surface area contributed by atoms with Gasteiger partial charge in [0.1, 0.15) is 11.2 Å². The predicted octanol–water partition coefficient (Wildman–Crippen LogP) is -0.111. The van der Waals surface area contributed by atoms with E-state index in [0.29, 0.717) is 32.1 Å². The van der Waals surface area contributed by atoms with Crippen LogP contribution in [0, 0.1) is 11.3 Å². The second-order valence-electron chi connectivity index (χ2n) is 5.49. The summed E-state index contributed by atoms with van der Waals surface area (Å²) in [6.07, 6.45) is 2.88. The van der Waals surface area contributed by atoms with Crippen LogP contribution in [0.2, 0.25) is 0 Å². The van der Waals surface area contributed by atoms with Gasteiger partial charge in [0.25, 0.3) is 0 Å². The summed E-state index contributed by atoms with van der Waals surface area (Å²) in [5.41, 5.74) is -0.492. The van der Waals surface area contributed by atoms with Gasteiger partial charge in [-0.15, -0.1) is 0 Å².